The van der Waals surface area contributed by atoms with Crippen LogP contribution in [0.2, 0.25) is 0 Å². The molecule has 0 unspecified atom stereocenters. The van der Waals surface area contributed by atoms with Gasteiger partial charge in [0.25, 0.3) is 0 Å². The van der Waals surface area contributed by atoms with Crippen LogP contribution in [0.3, 0.4) is 0 Å². The molecule has 2 amide bonds. The maximum atomic E-state index is 11.7. The topological polar surface area (TPSA) is 107 Å². The maximum absolute atomic E-state index is 11.7. The number of hydrogen-bond donors (Lipinski definition) is 3. The zero-order chi connectivity index (χ0) is 14.3. The van der Waals surface area contributed by atoms with Crippen LogP contribution in [0.1, 0.15) is 20.3 Å². The zero-order valence-corrected chi connectivity index (χ0v) is 10.5. The van der Waals surface area contributed by atoms with Crippen LogP contribution in [-0.4, -0.2) is 52.2 Å². The number of likely N-dealkylation sites (N-methyl/N-ethyl adjacent to an activating group) is 1. The number of carboxylic acid groups (broad SMARTS) is 2. The summed E-state index contributed by atoms with van der Waals surface area (Å²) in [6.07, 6.45) is -0.661. The van der Waals surface area contributed by atoms with Crippen molar-refractivity contribution >= 4 is 18.0 Å². The quantitative estimate of drug-likeness (QED) is 0.577. The normalized spacial score (nSPS) is 11.4. The van der Waals surface area contributed by atoms with Crippen molar-refractivity contribution in [3.8, 4) is 0 Å². The van der Waals surface area contributed by atoms with E-state index in [9.17, 15) is 14.4 Å². The molecule has 0 aromatic carbocycles. The molecule has 1 atom stereocenters. The van der Waals surface area contributed by atoms with E-state index in [1.54, 1.807) is 13.8 Å². The van der Waals surface area contributed by atoms with E-state index in [0.29, 0.717) is 13.1 Å². The smallest absolute Gasteiger partial charge is 0.326 e. The number of carbonyl (C=O) groups excluding carboxylic acids is 1. The minimum absolute atomic E-state index is 0.293. The predicted octanol–water partition coefficient (Wildman–Crippen LogP) is 0.522. The van der Waals surface area contributed by atoms with Crippen LogP contribution in [0.25, 0.3) is 0 Å². The highest BCUT2D eigenvalue weighted by Crippen LogP contribution is 1.99. The van der Waals surface area contributed by atoms with Crippen molar-refractivity contribution in [2.24, 2.45) is 0 Å². The highest BCUT2D eigenvalue weighted by Gasteiger charge is 2.24. The van der Waals surface area contributed by atoms with Gasteiger partial charge in [0.15, 0.2) is 0 Å². The second kappa shape index (κ2) is 7.31. The first-order valence-corrected chi connectivity index (χ1v) is 5.42. The Kier molecular flexibility index (Phi) is 6.48. The van der Waals surface area contributed by atoms with E-state index in [0.717, 1.165) is 5.57 Å². The summed E-state index contributed by atoms with van der Waals surface area (Å²) in [4.78, 5) is 34.3. The first kappa shape index (κ1) is 16.0. The van der Waals surface area contributed by atoms with Crippen molar-refractivity contribution in [3.05, 3.63) is 12.2 Å². The summed E-state index contributed by atoms with van der Waals surface area (Å²) in [7, 11) is 0. The molecule has 0 rings (SSSR count). The van der Waals surface area contributed by atoms with Crippen LogP contribution in [-0.2, 0) is 9.59 Å². The number of hydrogen-bond acceptors (Lipinski definition) is 3. The summed E-state index contributed by atoms with van der Waals surface area (Å²) in [6, 6.07) is -2.05. The fraction of sp³-hybridized carbons (Fsp3) is 0.545. The second-order valence-electron chi connectivity index (χ2n) is 3.91. The lowest BCUT2D eigenvalue weighted by molar-refractivity contribution is -0.145. The van der Waals surface area contributed by atoms with E-state index in [-0.39, 0.29) is 0 Å². The minimum atomic E-state index is -1.44. The number of rotatable bonds is 7. The van der Waals surface area contributed by atoms with E-state index >= 15 is 0 Å². The van der Waals surface area contributed by atoms with Crippen LogP contribution in [0.15, 0.2) is 12.2 Å². The highest BCUT2D eigenvalue weighted by molar-refractivity contribution is 5.86. The number of carbonyl (C=O) groups is 3. The highest BCUT2D eigenvalue weighted by atomic mass is 16.4. The molecule has 3 N–H and O–H groups in total. The lowest BCUT2D eigenvalue weighted by Crippen LogP contribution is -2.49. The van der Waals surface area contributed by atoms with E-state index in [1.165, 1.54) is 4.90 Å². The van der Waals surface area contributed by atoms with Crippen LogP contribution in [0.4, 0.5) is 4.79 Å². The number of nitrogens with one attached hydrogen (secondary N) is 1. The monoisotopic (exact) mass is 258 g/mol. The molecule has 0 saturated heterocycles. The van der Waals surface area contributed by atoms with Gasteiger partial charge in [0.05, 0.1) is 6.42 Å². The number of urea groups is 1. The Morgan fingerprint density at radius 2 is 1.89 bits per heavy atom. The van der Waals surface area contributed by atoms with Gasteiger partial charge in [-0.2, -0.15) is 0 Å². The fourth-order valence-electron chi connectivity index (χ4n) is 1.27. The molecular weight excluding hydrogens is 240 g/mol. The van der Waals surface area contributed by atoms with Gasteiger partial charge in [-0.05, 0) is 13.8 Å². The van der Waals surface area contributed by atoms with Gasteiger partial charge in [0.2, 0.25) is 0 Å². The van der Waals surface area contributed by atoms with Crippen molar-refractivity contribution in [1.82, 2.24) is 10.2 Å². The van der Waals surface area contributed by atoms with E-state index in [2.05, 4.69) is 11.9 Å². The van der Waals surface area contributed by atoms with E-state index in [1.807, 2.05) is 0 Å². The Morgan fingerprint density at radius 1 is 1.33 bits per heavy atom. The second-order valence-corrected chi connectivity index (χ2v) is 3.91. The maximum Gasteiger partial charge on any atom is 0.326 e. The Morgan fingerprint density at radius 3 is 2.22 bits per heavy atom. The summed E-state index contributed by atoms with van der Waals surface area (Å²) in [5.74, 6) is -2.66. The molecule has 0 aromatic rings. The van der Waals surface area contributed by atoms with Crippen LogP contribution in [0, 0.1) is 0 Å². The van der Waals surface area contributed by atoms with Gasteiger partial charge < -0.3 is 20.4 Å². The summed E-state index contributed by atoms with van der Waals surface area (Å²) in [5, 5.41) is 19.5. The Labute approximate surface area is 105 Å². The lowest BCUT2D eigenvalue weighted by Gasteiger charge is -2.23. The molecule has 0 aromatic heterocycles. The number of aliphatic carboxylic acids is 2. The molecule has 0 spiro atoms. The zero-order valence-electron chi connectivity index (χ0n) is 10.5. The van der Waals surface area contributed by atoms with Crippen molar-refractivity contribution < 1.29 is 24.6 Å². The van der Waals surface area contributed by atoms with Gasteiger partial charge in [0.1, 0.15) is 6.04 Å². The molecule has 0 aliphatic heterocycles. The van der Waals surface area contributed by atoms with Crippen molar-refractivity contribution in [1.29, 1.82) is 0 Å². The Hall–Kier alpha value is -2.05. The molecule has 0 radical (unpaired) electrons. The van der Waals surface area contributed by atoms with Gasteiger partial charge >= 0.3 is 18.0 Å². The lowest BCUT2D eigenvalue weighted by atomic mass is 10.2. The number of carboxylic acids is 2. The molecule has 18 heavy (non-hydrogen) atoms. The van der Waals surface area contributed by atoms with Crippen LogP contribution < -0.4 is 5.32 Å². The van der Waals surface area contributed by atoms with Crippen LogP contribution in [0.5, 0.6) is 0 Å². The Bertz CT molecular complexity index is 353. The molecule has 7 heteroatoms. The van der Waals surface area contributed by atoms with Crippen molar-refractivity contribution in [2.75, 3.05) is 13.1 Å². The average molecular weight is 258 g/mol. The standard InChI is InChI=1S/C11H18N2O5/c1-4-13(6-7(2)3)11(18)12-8(10(16)17)5-9(14)15/h8H,2,4-6H2,1,3H3,(H,12,18)(H,14,15)(H,16,17)/t8-/m0/s1. The molecule has 0 aliphatic carbocycles. The summed E-state index contributed by atoms with van der Waals surface area (Å²) in [6.45, 7) is 7.79. The fourth-order valence-corrected chi connectivity index (χ4v) is 1.27. The molecule has 0 fully saturated rings. The molecule has 102 valence electrons. The number of nitrogens with zero attached hydrogens (tertiary/aromatic N) is 1. The van der Waals surface area contributed by atoms with E-state index in [4.69, 9.17) is 10.2 Å². The molecule has 7 nitrogen and oxygen atoms in total. The molecular formula is C11H18N2O5. The Balaban J connectivity index is 4.60. The third kappa shape index (κ3) is 5.88. The number of amides is 2. The van der Waals surface area contributed by atoms with Crippen LogP contribution >= 0.6 is 0 Å². The first-order chi connectivity index (χ1) is 8.27. The third-order valence-corrected chi connectivity index (χ3v) is 2.10. The molecule has 0 aliphatic rings. The van der Waals surface area contributed by atoms with Gasteiger partial charge in [-0.1, -0.05) is 12.2 Å². The summed E-state index contributed by atoms with van der Waals surface area (Å²) >= 11 is 0. The van der Waals surface area contributed by atoms with Gasteiger partial charge in [0, 0.05) is 13.1 Å². The van der Waals surface area contributed by atoms with Gasteiger partial charge in [-0.25, -0.2) is 9.59 Å². The van der Waals surface area contributed by atoms with Crippen molar-refractivity contribution in [2.45, 2.75) is 26.3 Å². The van der Waals surface area contributed by atoms with Crippen molar-refractivity contribution in [3.63, 3.8) is 0 Å². The minimum Gasteiger partial charge on any atom is -0.481 e. The van der Waals surface area contributed by atoms with Gasteiger partial charge in [-0.15, -0.1) is 0 Å². The first-order valence-electron chi connectivity index (χ1n) is 5.42. The molecule has 0 bridgehead atoms. The largest absolute Gasteiger partial charge is 0.481 e. The predicted molar refractivity (Wildman–Crippen MR) is 64.3 cm³/mol. The molecule has 0 saturated carbocycles. The SMILES string of the molecule is C=C(C)CN(CC)C(=O)N[C@@H](CC(=O)O)C(=O)O. The van der Waals surface area contributed by atoms with Gasteiger partial charge in [-0.3, -0.25) is 4.79 Å². The molecule has 0 heterocycles. The summed E-state index contributed by atoms with van der Waals surface area (Å²) in [5.41, 5.74) is 0.747. The average Bonchev–Trinajstić information content (AvgIpc) is 2.23. The summed E-state index contributed by atoms with van der Waals surface area (Å²) < 4.78 is 0. The van der Waals surface area contributed by atoms with E-state index < -0.39 is 30.4 Å². The third-order valence-electron chi connectivity index (χ3n) is 2.10.